The van der Waals surface area contributed by atoms with E-state index < -0.39 is 0 Å². The normalized spacial score (nSPS) is 11.7. The maximum Gasteiger partial charge on any atom is 0.159 e. The fourth-order valence-electron chi connectivity index (χ4n) is 4.90. The minimum atomic E-state index is 0. The van der Waals surface area contributed by atoms with Crippen LogP contribution in [0.15, 0.2) is 72.6 Å². The third-order valence-corrected chi connectivity index (χ3v) is 6.42. The first-order chi connectivity index (χ1) is 17.6. The summed E-state index contributed by atoms with van der Waals surface area (Å²) >= 11 is 0. The van der Waals surface area contributed by atoms with Crippen LogP contribution in [0.4, 0.5) is 0 Å². The van der Waals surface area contributed by atoms with Gasteiger partial charge in [-0.25, -0.2) is 0 Å². The number of pyridine rings is 1. The SMILES string of the molecule is CC(C)CC(=O)/C=C(\O)CC(C)C.Cc1c[c-]c2c(c1)-c1cc(C)ccc1-c1cccc3ccnc-2c13.[Ir]. The minimum Gasteiger partial charge on any atom is -0.512 e. The van der Waals surface area contributed by atoms with E-state index in [4.69, 9.17) is 4.98 Å². The molecule has 0 saturated carbocycles. The van der Waals surface area contributed by atoms with Crippen LogP contribution >= 0.6 is 0 Å². The van der Waals surface area contributed by atoms with Crippen LogP contribution in [0, 0.1) is 31.7 Å². The molecule has 3 nitrogen and oxygen atoms in total. The number of aliphatic hydroxyl groups is 1. The molecular formula is C34H36IrNO2-. The third kappa shape index (κ3) is 6.67. The van der Waals surface area contributed by atoms with Crippen molar-refractivity contribution in [2.24, 2.45) is 11.8 Å². The molecule has 1 aliphatic rings. The van der Waals surface area contributed by atoms with Crippen molar-refractivity contribution in [3.63, 3.8) is 0 Å². The van der Waals surface area contributed by atoms with Gasteiger partial charge in [-0.05, 0) is 52.4 Å². The number of hydrogen-bond donors (Lipinski definition) is 1. The first-order valence-corrected chi connectivity index (χ1v) is 13.1. The fourth-order valence-corrected chi connectivity index (χ4v) is 4.90. The molecule has 0 aliphatic heterocycles. The quantitative estimate of drug-likeness (QED) is 0.114. The topological polar surface area (TPSA) is 50.2 Å². The first-order valence-electron chi connectivity index (χ1n) is 13.1. The van der Waals surface area contributed by atoms with Crippen molar-refractivity contribution in [1.29, 1.82) is 0 Å². The second-order valence-electron chi connectivity index (χ2n) is 10.9. The largest absolute Gasteiger partial charge is 0.512 e. The maximum atomic E-state index is 11.2. The number of aromatic nitrogens is 1. The van der Waals surface area contributed by atoms with Gasteiger partial charge in [0.15, 0.2) is 5.78 Å². The van der Waals surface area contributed by atoms with Gasteiger partial charge in [-0.15, -0.1) is 29.3 Å². The monoisotopic (exact) mass is 683 g/mol. The Morgan fingerprint density at radius 3 is 2.32 bits per heavy atom. The average molecular weight is 683 g/mol. The molecule has 1 N–H and O–H groups in total. The number of aliphatic hydroxyl groups excluding tert-OH is 1. The zero-order chi connectivity index (χ0) is 26.7. The molecule has 0 spiro atoms. The van der Waals surface area contributed by atoms with Gasteiger partial charge in [-0.3, -0.25) is 4.79 Å². The summed E-state index contributed by atoms with van der Waals surface area (Å²) < 4.78 is 0. The predicted molar refractivity (Wildman–Crippen MR) is 155 cm³/mol. The molecule has 0 atom stereocenters. The van der Waals surface area contributed by atoms with E-state index in [1.165, 1.54) is 50.2 Å². The molecule has 199 valence electrons. The second-order valence-corrected chi connectivity index (χ2v) is 10.9. The summed E-state index contributed by atoms with van der Waals surface area (Å²) in [7, 11) is 0. The molecule has 0 amide bonds. The number of nitrogens with zero attached hydrogens (tertiary/aromatic N) is 1. The third-order valence-electron chi connectivity index (χ3n) is 6.42. The molecule has 38 heavy (non-hydrogen) atoms. The summed E-state index contributed by atoms with van der Waals surface area (Å²) in [4.78, 5) is 16.0. The average Bonchev–Trinajstić information content (AvgIpc) is 2.93. The number of rotatable bonds is 5. The number of fused-ring (bicyclic) bond motifs is 5. The molecule has 0 bridgehead atoms. The van der Waals surface area contributed by atoms with Gasteiger partial charge in [0.1, 0.15) is 0 Å². The van der Waals surface area contributed by atoms with Crippen molar-refractivity contribution in [1.82, 2.24) is 4.98 Å². The van der Waals surface area contributed by atoms with Crippen molar-refractivity contribution in [2.45, 2.75) is 54.4 Å². The zero-order valence-electron chi connectivity index (χ0n) is 23.1. The van der Waals surface area contributed by atoms with E-state index in [1.807, 2.05) is 33.9 Å². The molecule has 0 unspecified atom stereocenters. The van der Waals surface area contributed by atoms with Crippen LogP contribution in [0.2, 0.25) is 0 Å². The van der Waals surface area contributed by atoms with Gasteiger partial charge in [-0.2, -0.15) is 0 Å². The summed E-state index contributed by atoms with van der Waals surface area (Å²) in [6.07, 6.45) is 4.37. The van der Waals surface area contributed by atoms with Crippen LogP contribution in [0.3, 0.4) is 0 Å². The molecule has 1 aliphatic carbocycles. The maximum absolute atomic E-state index is 11.2. The predicted octanol–water partition coefficient (Wildman–Crippen LogP) is 9.05. The molecular weight excluding hydrogens is 647 g/mol. The smallest absolute Gasteiger partial charge is 0.159 e. The Balaban J connectivity index is 0.000000248. The van der Waals surface area contributed by atoms with Crippen LogP contribution in [-0.2, 0) is 24.9 Å². The number of ketones is 1. The van der Waals surface area contributed by atoms with Gasteiger partial charge in [0.25, 0.3) is 0 Å². The van der Waals surface area contributed by atoms with Crippen LogP contribution in [-0.4, -0.2) is 15.9 Å². The molecule has 4 aromatic rings. The fraction of sp³-hybridized carbons (Fsp3) is 0.294. The molecule has 4 heteroatoms. The van der Waals surface area contributed by atoms with Gasteiger partial charge >= 0.3 is 0 Å². The van der Waals surface area contributed by atoms with Gasteiger partial charge < -0.3 is 10.1 Å². The Morgan fingerprint density at radius 2 is 1.61 bits per heavy atom. The summed E-state index contributed by atoms with van der Waals surface area (Å²) in [5.41, 5.74) is 9.66. The summed E-state index contributed by atoms with van der Waals surface area (Å²) in [5.74, 6) is 0.979. The molecule has 1 radical (unpaired) electrons. The van der Waals surface area contributed by atoms with Gasteiger partial charge in [0.05, 0.1) is 5.76 Å². The Morgan fingerprint density at radius 1 is 0.895 bits per heavy atom. The van der Waals surface area contributed by atoms with Crippen LogP contribution in [0.1, 0.15) is 51.7 Å². The Bertz CT molecular complexity index is 1400. The van der Waals surface area contributed by atoms with Crippen LogP contribution in [0.5, 0.6) is 0 Å². The van der Waals surface area contributed by atoms with E-state index in [0.717, 1.165) is 11.3 Å². The number of carbonyl (C=O) groups excluding carboxylic acids is 1. The van der Waals surface area contributed by atoms with Crippen molar-refractivity contribution >= 4 is 16.6 Å². The van der Waals surface area contributed by atoms with E-state index in [0.29, 0.717) is 24.7 Å². The van der Waals surface area contributed by atoms with Crippen LogP contribution < -0.4 is 0 Å². The second kappa shape index (κ2) is 12.7. The van der Waals surface area contributed by atoms with E-state index in [-0.39, 0.29) is 31.6 Å². The van der Waals surface area contributed by atoms with Crippen molar-refractivity contribution in [2.75, 3.05) is 0 Å². The van der Waals surface area contributed by atoms with Crippen LogP contribution in [0.25, 0.3) is 44.3 Å². The minimum absolute atomic E-state index is 0. The first kappa shape index (κ1) is 29.5. The van der Waals surface area contributed by atoms with Crippen molar-refractivity contribution in [3.05, 3.63) is 89.8 Å². The number of allylic oxidation sites excluding steroid dienone is 2. The zero-order valence-corrected chi connectivity index (χ0v) is 25.5. The number of benzene rings is 3. The standard InChI is InChI=1S/C23H16N.C11H20O2.Ir/c1-14-6-8-17-18-5-3-4-16-10-11-24-23(22(16)18)19-9-7-15(2)13-21(19)20(17)12-14;1-8(2)5-10(12)7-11(13)6-9(3)4;/h3-8,10-13H,1-2H3;7-9,12H,5-6H2,1-4H3;/q-1;;/b;10-7-;. The molecule has 5 rings (SSSR count). The molecule has 0 fully saturated rings. The number of aryl methyl sites for hydroxylation is 2. The molecule has 1 aromatic heterocycles. The Hall–Kier alpha value is -3.07. The van der Waals surface area contributed by atoms with E-state index in [9.17, 15) is 9.90 Å². The molecule has 0 saturated heterocycles. The van der Waals surface area contributed by atoms with Gasteiger partial charge in [0, 0.05) is 45.2 Å². The van der Waals surface area contributed by atoms with Gasteiger partial charge in [-0.1, -0.05) is 87.7 Å². The molecule has 1 heterocycles. The summed E-state index contributed by atoms with van der Waals surface area (Å²) in [5, 5.41) is 11.8. The van der Waals surface area contributed by atoms with Gasteiger partial charge in [0.2, 0.25) is 0 Å². The number of carbonyl (C=O) groups is 1. The summed E-state index contributed by atoms with van der Waals surface area (Å²) in [6, 6.07) is 23.1. The van der Waals surface area contributed by atoms with Crippen molar-refractivity contribution in [3.8, 4) is 33.5 Å². The van der Waals surface area contributed by atoms with E-state index >= 15 is 0 Å². The number of hydrogen-bond acceptors (Lipinski definition) is 3. The van der Waals surface area contributed by atoms with Crippen molar-refractivity contribution < 1.29 is 30.0 Å². The van der Waals surface area contributed by atoms with E-state index in [2.05, 4.69) is 74.5 Å². The Labute approximate surface area is 240 Å². The van der Waals surface area contributed by atoms with E-state index in [1.54, 1.807) is 0 Å². The summed E-state index contributed by atoms with van der Waals surface area (Å²) in [6.45, 7) is 12.3. The Kier molecular flexibility index (Phi) is 9.82. The molecule has 3 aromatic carbocycles.